The first-order valence-corrected chi connectivity index (χ1v) is 18.6. The lowest BCUT2D eigenvalue weighted by Gasteiger charge is -2.67. The van der Waals surface area contributed by atoms with Crippen molar-refractivity contribution in [3.8, 4) is 0 Å². The normalized spacial score (nSPS) is 39.6. The van der Waals surface area contributed by atoms with Gasteiger partial charge in [0, 0.05) is 19.5 Å². The molecule has 4 rings (SSSR count). The second-order valence-corrected chi connectivity index (χ2v) is 18.8. The second kappa shape index (κ2) is 10.7. The lowest BCUT2D eigenvalue weighted by molar-refractivity contribution is -0.302. The van der Waals surface area contributed by atoms with E-state index in [4.69, 9.17) is 13.9 Å². The molecule has 40 heavy (non-hydrogen) atoms. The predicted molar refractivity (Wildman–Crippen MR) is 160 cm³/mol. The van der Waals surface area contributed by atoms with Crippen molar-refractivity contribution in [1.82, 2.24) is 4.90 Å². The highest BCUT2D eigenvalue weighted by Crippen LogP contribution is 2.65. The molecular weight excluding hydrogens is 522 g/mol. The van der Waals surface area contributed by atoms with Gasteiger partial charge in [0.1, 0.15) is 5.60 Å². The molecule has 2 heterocycles. The molecule has 8 heteroatoms. The SMILES string of the molecule is C=C[C@@]1(C)CC(=O)[C@]2(O)[C@]3(C)C(=C[C@H](OC(=O)N4CCCCC4)[C@@]2(C)O1)C(C)(C)CCC3O[Si](C)(C)CCCC. The molecule has 2 saturated heterocycles. The molecule has 226 valence electrons. The fourth-order valence-electron chi connectivity index (χ4n) is 8.06. The number of carbonyl (C=O) groups is 2. The monoisotopic (exact) mass is 575 g/mol. The first-order valence-electron chi connectivity index (χ1n) is 15.5. The number of piperidine rings is 1. The molecule has 6 atom stereocenters. The third kappa shape index (κ3) is 4.94. The van der Waals surface area contributed by atoms with Crippen LogP contribution >= 0.6 is 0 Å². The van der Waals surface area contributed by atoms with Gasteiger partial charge in [-0.1, -0.05) is 52.2 Å². The fourth-order valence-corrected chi connectivity index (χ4v) is 10.5. The minimum absolute atomic E-state index is 0.0118. The van der Waals surface area contributed by atoms with Crippen LogP contribution in [0.5, 0.6) is 0 Å². The number of rotatable bonds is 7. The molecule has 2 aliphatic carbocycles. The number of Topliss-reactive ketones (excluding diaryl/α,β-unsaturated/α-hetero) is 1. The van der Waals surface area contributed by atoms with Gasteiger partial charge in [0.05, 0.1) is 17.1 Å². The third-order valence-electron chi connectivity index (χ3n) is 10.5. The molecule has 4 aliphatic rings. The zero-order valence-corrected chi connectivity index (χ0v) is 27.2. The van der Waals surface area contributed by atoms with Crippen molar-refractivity contribution in [3.05, 3.63) is 24.3 Å². The number of hydrogen-bond donors (Lipinski definition) is 1. The van der Waals surface area contributed by atoms with Gasteiger partial charge in [-0.15, -0.1) is 6.58 Å². The first-order chi connectivity index (χ1) is 18.5. The molecular formula is C32H53NO6Si. The van der Waals surface area contributed by atoms with E-state index < -0.39 is 42.7 Å². The van der Waals surface area contributed by atoms with Crippen LogP contribution in [0.4, 0.5) is 4.79 Å². The Bertz CT molecular complexity index is 1050. The van der Waals surface area contributed by atoms with Gasteiger partial charge in [0.2, 0.25) is 0 Å². The van der Waals surface area contributed by atoms with E-state index in [2.05, 4.69) is 40.4 Å². The van der Waals surface area contributed by atoms with Crippen LogP contribution in [-0.4, -0.2) is 72.3 Å². The van der Waals surface area contributed by atoms with E-state index in [-0.39, 0.29) is 23.7 Å². The van der Waals surface area contributed by atoms with Gasteiger partial charge in [-0.2, -0.15) is 0 Å². The topological polar surface area (TPSA) is 85.3 Å². The maximum Gasteiger partial charge on any atom is 0.410 e. The minimum atomic E-state index is -2.12. The number of fused-ring (bicyclic) bond motifs is 3. The highest BCUT2D eigenvalue weighted by atomic mass is 28.4. The summed E-state index contributed by atoms with van der Waals surface area (Å²) in [6.07, 6.45) is 8.59. The Labute approximate surface area is 242 Å². The zero-order chi connectivity index (χ0) is 29.8. The number of aliphatic hydroxyl groups is 1. The van der Waals surface area contributed by atoms with Crippen LogP contribution in [0.3, 0.4) is 0 Å². The van der Waals surface area contributed by atoms with Crippen LogP contribution in [0.1, 0.15) is 92.9 Å². The summed E-state index contributed by atoms with van der Waals surface area (Å²) < 4.78 is 20.0. The van der Waals surface area contributed by atoms with E-state index >= 15 is 0 Å². The van der Waals surface area contributed by atoms with Gasteiger partial charge in [0.15, 0.2) is 25.8 Å². The van der Waals surface area contributed by atoms with E-state index in [9.17, 15) is 14.7 Å². The van der Waals surface area contributed by atoms with Gasteiger partial charge in [0.25, 0.3) is 0 Å². The van der Waals surface area contributed by atoms with Gasteiger partial charge in [-0.05, 0) is 76.6 Å². The van der Waals surface area contributed by atoms with Crippen molar-refractivity contribution in [2.45, 2.75) is 141 Å². The van der Waals surface area contributed by atoms with Crippen LogP contribution < -0.4 is 0 Å². The smallest absolute Gasteiger partial charge is 0.410 e. The molecule has 1 amide bonds. The summed E-state index contributed by atoms with van der Waals surface area (Å²) in [6.45, 7) is 21.8. The van der Waals surface area contributed by atoms with E-state index in [0.29, 0.717) is 13.1 Å². The second-order valence-electron chi connectivity index (χ2n) is 14.6. The molecule has 0 spiro atoms. The average Bonchev–Trinajstić information content (AvgIpc) is 2.89. The van der Waals surface area contributed by atoms with Crippen molar-refractivity contribution in [3.63, 3.8) is 0 Å². The van der Waals surface area contributed by atoms with Gasteiger partial charge in [-0.25, -0.2) is 4.79 Å². The predicted octanol–water partition coefficient (Wildman–Crippen LogP) is 6.56. The van der Waals surface area contributed by atoms with Crippen molar-refractivity contribution < 1.29 is 28.6 Å². The molecule has 0 radical (unpaired) electrons. The molecule has 0 aromatic carbocycles. The molecule has 1 N–H and O–H groups in total. The number of ether oxygens (including phenoxy) is 2. The number of ketones is 1. The van der Waals surface area contributed by atoms with Crippen molar-refractivity contribution in [2.75, 3.05) is 13.1 Å². The van der Waals surface area contributed by atoms with Crippen LogP contribution in [0.25, 0.3) is 0 Å². The Kier molecular flexibility index (Phi) is 8.38. The van der Waals surface area contributed by atoms with Crippen LogP contribution in [0.2, 0.25) is 19.1 Å². The molecule has 3 fully saturated rings. The molecule has 0 aromatic rings. The van der Waals surface area contributed by atoms with E-state index in [0.717, 1.165) is 56.6 Å². The lowest BCUT2D eigenvalue weighted by atomic mass is 9.44. The number of carbonyl (C=O) groups excluding carboxylic acids is 2. The average molecular weight is 576 g/mol. The van der Waals surface area contributed by atoms with Crippen LogP contribution in [-0.2, 0) is 18.7 Å². The largest absolute Gasteiger partial charge is 0.439 e. The van der Waals surface area contributed by atoms with Crippen molar-refractivity contribution in [1.29, 1.82) is 0 Å². The lowest BCUT2D eigenvalue weighted by Crippen LogP contribution is -2.81. The van der Waals surface area contributed by atoms with Crippen LogP contribution in [0.15, 0.2) is 24.3 Å². The number of nitrogens with zero attached hydrogens (tertiary/aromatic N) is 1. The van der Waals surface area contributed by atoms with E-state index in [1.807, 2.05) is 19.9 Å². The van der Waals surface area contributed by atoms with Gasteiger partial charge < -0.3 is 23.9 Å². The first kappa shape index (κ1) is 31.5. The summed E-state index contributed by atoms with van der Waals surface area (Å²) in [5.74, 6) is -0.310. The maximum atomic E-state index is 14.4. The molecule has 0 bridgehead atoms. The molecule has 0 aromatic heterocycles. The fraction of sp³-hybridized carbons (Fsp3) is 0.812. The molecule has 1 unspecified atom stereocenters. The summed E-state index contributed by atoms with van der Waals surface area (Å²) in [6, 6.07) is 1.02. The Morgan fingerprint density at radius 3 is 2.45 bits per heavy atom. The van der Waals surface area contributed by atoms with Crippen molar-refractivity contribution >= 4 is 20.2 Å². The standard InChI is InChI=1S/C32H53NO6Si/c1-10-12-20-40(8,9)38-25-16-17-28(3,4)23-21-26(37-27(35)33-18-14-13-15-19-33)31(7)32(36,30(23,25)6)24(34)22-29(5,11-2)39-31/h11,21,25-26,36H,2,10,12-20,22H2,1,3-9H3/t25?,26-,29-,30+,31+,32-/m0/s1. The van der Waals surface area contributed by atoms with E-state index in [1.54, 1.807) is 17.9 Å². The number of hydrogen-bond acceptors (Lipinski definition) is 6. The Morgan fingerprint density at radius 1 is 1.20 bits per heavy atom. The summed E-state index contributed by atoms with van der Waals surface area (Å²) in [7, 11) is -2.12. The quantitative estimate of drug-likeness (QED) is 0.273. The minimum Gasteiger partial charge on any atom is -0.439 e. The molecule has 1 saturated carbocycles. The Hall–Kier alpha value is -1.48. The highest BCUT2D eigenvalue weighted by Gasteiger charge is 2.77. The highest BCUT2D eigenvalue weighted by molar-refractivity contribution is 6.71. The maximum absolute atomic E-state index is 14.4. The molecule has 7 nitrogen and oxygen atoms in total. The number of amides is 1. The van der Waals surface area contributed by atoms with Gasteiger partial charge >= 0.3 is 6.09 Å². The van der Waals surface area contributed by atoms with Gasteiger partial charge in [-0.3, -0.25) is 4.79 Å². The third-order valence-corrected chi connectivity index (χ3v) is 13.0. The van der Waals surface area contributed by atoms with Crippen molar-refractivity contribution in [2.24, 2.45) is 10.8 Å². The zero-order valence-electron chi connectivity index (χ0n) is 26.2. The Balaban J connectivity index is 1.88. The Morgan fingerprint density at radius 2 is 1.85 bits per heavy atom. The number of unbranched alkanes of at least 4 members (excludes halogenated alkanes) is 1. The summed E-state index contributed by atoms with van der Waals surface area (Å²) >= 11 is 0. The van der Waals surface area contributed by atoms with E-state index in [1.165, 1.54) is 0 Å². The van der Waals surface area contributed by atoms with Crippen LogP contribution in [0, 0.1) is 10.8 Å². The molecule has 2 aliphatic heterocycles. The summed E-state index contributed by atoms with van der Waals surface area (Å²) in [4.78, 5) is 29.6. The summed E-state index contributed by atoms with van der Waals surface area (Å²) in [5.41, 5.74) is -5.00. The summed E-state index contributed by atoms with van der Waals surface area (Å²) in [5, 5.41) is 13.1. The number of likely N-dealkylation sites (tertiary alicyclic amines) is 1.